The molecule has 1 unspecified atom stereocenters. The van der Waals surface area contributed by atoms with Crippen molar-refractivity contribution in [2.75, 3.05) is 18.5 Å². The van der Waals surface area contributed by atoms with Gasteiger partial charge in [0.2, 0.25) is 0 Å². The lowest BCUT2D eigenvalue weighted by atomic mass is 10.1. The van der Waals surface area contributed by atoms with E-state index >= 15 is 0 Å². The van der Waals surface area contributed by atoms with Crippen molar-refractivity contribution in [1.82, 2.24) is 0 Å². The first-order chi connectivity index (χ1) is 8.21. The molecule has 0 saturated carbocycles. The van der Waals surface area contributed by atoms with Crippen molar-refractivity contribution in [2.45, 2.75) is 33.1 Å². The molecule has 0 fully saturated rings. The smallest absolute Gasteiger partial charge is 0.123 e. The number of alkyl halides is 1. The molecule has 0 heterocycles. The minimum absolute atomic E-state index is 0.480. The highest BCUT2D eigenvalue weighted by atomic mass is 35.5. The fraction of sp³-hybridized carbons (Fsp3) is 0.571. The Morgan fingerprint density at radius 2 is 2.12 bits per heavy atom. The molecule has 96 valence electrons. The van der Waals surface area contributed by atoms with Gasteiger partial charge in [-0.2, -0.15) is 0 Å². The molecule has 0 aliphatic carbocycles. The first-order valence-corrected chi connectivity index (χ1v) is 6.80. The van der Waals surface area contributed by atoms with Crippen molar-refractivity contribution in [3.8, 4) is 5.75 Å². The first kappa shape index (κ1) is 14.2. The van der Waals surface area contributed by atoms with Gasteiger partial charge in [-0.05, 0) is 31.0 Å². The molecule has 0 radical (unpaired) electrons. The van der Waals surface area contributed by atoms with E-state index in [1.165, 1.54) is 6.42 Å². The van der Waals surface area contributed by atoms with Gasteiger partial charge in [-0.1, -0.05) is 20.3 Å². The van der Waals surface area contributed by atoms with Crippen LogP contribution in [-0.4, -0.2) is 13.2 Å². The van der Waals surface area contributed by atoms with Crippen molar-refractivity contribution >= 4 is 17.3 Å². The third kappa shape index (κ3) is 4.47. The zero-order valence-electron chi connectivity index (χ0n) is 10.9. The summed E-state index contributed by atoms with van der Waals surface area (Å²) in [4.78, 5) is 0. The van der Waals surface area contributed by atoms with Crippen LogP contribution >= 0.6 is 11.6 Å². The Morgan fingerprint density at radius 3 is 2.71 bits per heavy atom. The van der Waals surface area contributed by atoms with E-state index in [1.807, 2.05) is 19.1 Å². The van der Waals surface area contributed by atoms with Crippen molar-refractivity contribution in [1.29, 1.82) is 0 Å². The van der Waals surface area contributed by atoms with Gasteiger partial charge >= 0.3 is 0 Å². The summed E-state index contributed by atoms with van der Waals surface area (Å²) < 4.78 is 5.52. The molecule has 17 heavy (non-hydrogen) atoms. The van der Waals surface area contributed by atoms with Crippen LogP contribution < -0.4 is 10.1 Å². The second kappa shape index (κ2) is 7.44. The third-order valence-corrected chi connectivity index (χ3v) is 3.14. The van der Waals surface area contributed by atoms with Gasteiger partial charge in [-0.25, -0.2) is 0 Å². The molecule has 0 aliphatic heterocycles. The fourth-order valence-electron chi connectivity index (χ4n) is 1.53. The fourth-order valence-corrected chi connectivity index (χ4v) is 1.74. The van der Waals surface area contributed by atoms with Crippen LogP contribution in [0, 0.1) is 5.92 Å². The number of hydrogen-bond acceptors (Lipinski definition) is 2. The summed E-state index contributed by atoms with van der Waals surface area (Å²) in [5.74, 6) is 2.05. The molecular weight excluding hydrogens is 234 g/mol. The number of halogens is 1. The molecule has 1 rings (SSSR count). The van der Waals surface area contributed by atoms with Gasteiger partial charge in [-0.3, -0.25) is 0 Å². The Morgan fingerprint density at radius 1 is 1.35 bits per heavy atom. The quantitative estimate of drug-likeness (QED) is 0.735. The van der Waals surface area contributed by atoms with E-state index in [-0.39, 0.29) is 0 Å². The number of anilines is 1. The lowest BCUT2D eigenvalue weighted by Gasteiger charge is -2.14. The van der Waals surface area contributed by atoms with E-state index < -0.39 is 0 Å². The van der Waals surface area contributed by atoms with E-state index in [9.17, 15) is 0 Å². The Balaban J connectivity index is 2.68. The number of benzene rings is 1. The molecule has 0 aromatic heterocycles. The minimum atomic E-state index is 0.480. The first-order valence-electron chi connectivity index (χ1n) is 6.26. The summed E-state index contributed by atoms with van der Waals surface area (Å²) in [5, 5.41) is 3.43. The second-order valence-electron chi connectivity index (χ2n) is 4.28. The standard InChI is InChI=1S/C14H22ClNO/c1-4-11(3)10-16-13-6-7-14(17-5-2)12(8-13)9-15/h6-8,11,16H,4-5,9-10H2,1-3H3. The van der Waals surface area contributed by atoms with Crippen LogP contribution in [0.15, 0.2) is 18.2 Å². The summed E-state index contributed by atoms with van der Waals surface area (Å²) in [7, 11) is 0. The molecule has 0 amide bonds. The highest BCUT2D eigenvalue weighted by Crippen LogP contribution is 2.24. The molecule has 0 aliphatic rings. The maximum absolute atomic E-state index is 5.92. The van der Waals surface area contributed by atoms with Gasteiger partial charge in [-0.15, -0.1) is 11.6 Å². The zero-order chi connectivity index (χ0) is 12.7. The lowest BCUT2D eigenvalue weighted by Crippen LogP contribution is -2.10. The topological polar surface area (TPSA) is 21.3 Å². The van der Waals surface area contributed by atoms with Crippen LogP contribution in [0.25, 0.3) is 0 Å². The molecule has 1 N–H and O–H groups in total. The van der Waals surface area contributed by atoms with E-state index in [0.717, 1.165) is 23.5 Å². The molecule has 2 nitrogen and oxygen atoms in total. The van der Waals surface area contributed by atoms with Crippen LogP contribution in [0.5, 0.6) is 5.75 Å². The minimum Gasteiger partial charge on any atom is -0.494 e. The average Bonchev–Trinajstić information content (AvgIpc) is 2.37. The Bertz CT molecular complexity index is 341. The summed E-state index contributed by atoms with van der Waals surface area (Å²) in [6.07, 6.45) is 1.19. The van der Waals surface area contributed by atoms with E-state index in [0.29, 0.717) is 18.4 Å². The SMILES string of the molecule is CCOc1ccc(NCC(C)CC)cc1CCl. The molecule has 1 atom stereocenters. The van der Waals surface area contributed by atoms with Crippen LogP contribution in [-0.2, 0) is 5.88 Å². The number of ether oxygens (including phenoxy) is 1. The summed E-state index contributed by atoms with van der Waals surface area (Å²) in [5.41, 5.74) is 2.16. The van der Waals surface area contributed by atoms with E-state index in [2.05, 4.69) is 25.2 Å². The summed E-state index contributed by atoms with van der Waals surface area (Å²) >= 11 is 5.92. The van der Waals surface area contributed by atoms with Gasteiger partial charge in [0.25, 0.3) is 0 Å². The van der Waals surface area contributed by atoms with E-state index in [4.69, 9.17) is 16.3 Å². The number of nitrogens with one attached hydrogen (secondary N) is 1. The molecule has 0 bridgehead atoms. The average molecular weight is 256 g/mol. The third-order valence-electron chi connectivity index (χ3n) is 2.86. The van der Waals surface area contributed by atoms with Crippen LogP contribution in [0.4, 0.5) is 5.69 Å². The molecule has 1 aromatic carbocycles. The Kier molecular flexibility index (Phi) is 6.20. The normalized spacial score (nSPS) is 12.2. The zero-order valence-corrected chi connectivity index (χ0v) is 11.7. The Hall–Kier alpha value is -0.890. The highest BCUT2D eigenvalue weighted by Gasteiger charge is 2.05. The number of hydrogen-bond donors (Lipinski definition) is 1. The number of rotatable bonds is 7. The van der Waals surface area contributed by atoms with Crippen molar-refractivity contribution < 1.29 is 4.74 Å². The van der Waals surface area contributed by atoms with Gasteiger partial charge < -0.3 is 10.1 Å². The van der Waals surface area contributed by atoms with Crippen LogP contribution in [0.2, 0.25) is 0 Å². The highest BCUT2D eigenvalue weighted by molar-refractivity contribution is 6.17. The summed E-state index contributed by atoms with van der Waals surface area (Å²) in [6, 6.07) is 6.10. The molecular formula is C14H22ClNO. The van der Waals surface area contributed by atoms with E-state index in [1.54, 1.807) is 0 Å². The second-order valence-corrected chi connectivity index (χ2v) is 4.55. The van der Waals surface area contributed by atoms with Crippen molar-refractivity contribution in [3.05, 3.63) is 23.8 Å². The lowest BCUT2D eigenvalue weighted by molar-refractivity contribution is 0.337. The van der Waals surface area contributed by atoms with Crippen LogP contribution in [0.1, 0.15) is 32.8 Å². The van der Waals surface area contributed by atoms with Gasteiger partial charge in [0.15, 0.2) is 0 Å². The van der Waals surface area contributed by atoms with Crippen LogP contribution in [0.3, 0.4) is 0 Å². The maximum Gasteiger partial charge on any atom is 0.123 e. The molecule has 1 aromatic rings. The molecule has 3 heteroatoms. The molecule has 0 saturated heterocycles. The largest absolute Gasteiger partial charge is 0.494 e. The molecule has 0 spiro atoms. The monoisotopic (exact) mass is 255 g/mol. The predicted octanol–water partition coefficient (Wildman–Crippen LogP) is 4.28. The van der Waals surface area contributed by atoms with Gasteiger partial charge in [0.1, 0.15) is 5.75 Å². The predicted molar refractivity (Wildman–Crippen MR) is 75.1 cm³/mol. The maximum atomic E-state index is 5.92. The summed E-state index contributed by atoms with van der Waals surface area (Å²) in [6.45, 7) is 8.08. The Labute approximate surface area is 109 Å². The van der Waals surface area contributed by atoms with Gasteiger partial charge in [0, 0.05) is 17.8 Å². The van der Waals surface area contributed by atoms with Crippen molar-refractivity contribution in [3.63, 3.8) is 0 Å². The van der Waals surface area contributed by atoms with Crippen molar-refractivity contribution in [2.24, 2.45) is 5.92 Å². The van der Waals surface area contributed by atoms with Gasteiger partial charge in [0.05, 0.1) is 12.5 Å².